The zero-order valence-electron chi connectivity index (χ0n) is 23.0. The molecule has 0 aliphatic carbocycles. The highest BCUT2D eigenvalue weighted by atomic mass is 35.5. The maximum Gasteiger partial charge on any atom is 0.356 e. The summed E-state index contributed by atoms with van der Waals surface area (Å²) in [6.07, 6.45) is -5.99. The number of imidazole rings is 1. The Morgan fingerprint density at radius 3 is 2.50 bits per heavy atom. The van der Waals surface area contributed by atoms with Crippen LogP contribution >= 0.6 is 11.6 Å². The van der Waals surface area contributed by atoms with Crippen LogP contribution < -0.4 is 5.73 Å². The Kier molecular flexibility index (Phi) is 9.24. The van der Waals surface area contributed by atoms with Crippen molar-refractivity contribution in [2.24, 2.45) is 7.05 Å². The van der Waals surface area contributed by atoms with Crippen LogP contribution in [0.4, 0.5) is 10.2 Å². The number of aliphatic hydroxyl groups is 1. The molecule has 0 aromatic carbocycles. The first kappa shape index (κ1) is 31.0. The average Bonchev–Trinajstić information content (AvgIpc) is 3.61. The van der Waals surface area contributed by atoms with Crippen molar-refractivity contribution < 1.29 is 47.6 Å². The zero-order valence-corrected chi connectivity index (χ0v) is 23.8. The van der Waals surface area contributed by atoms with Crippen LogP contribution in [0.25, 0.3) is 11.2 Å². The topological polar surface area (TPSA) is 205 Å². The first-order valence-corrected chi connectivity index (χ1v) is 13.1. The van der Waals surface area contributed by atoms with Gasteiger partial charge in [0, 0.05) is 13.5 Å². The average molecular weight is 614 g/mol. The molecular weight excluding hydrogens is 585 g/mol. The predicted octanol–water partition coefficient (Wildman–Crippen LogP) is 0.303. The Morgan fingerprint density at radius 1 is 1.21 bits per heavy atom. The molecule has 0 amide bonds. The molecule has 4 heterocycles. The van der Waals surface area contributed by atoms with E-state index in [1.54, 1.807) is 0 Å². The molecule has 1 saturated heterocycles. The second-order valence-electron chi connectivity index (χ2n) is 9.09. The molecule has 228 valence electrons. The largest absolute Gasteiger partial charge is 0.464 e. The van der Waals surface area contributed by atoms with E-state index in [1.807, 2.05) is 0 Å². The lowest BCUT2D eigenvalue weighted by Gasteiger charge is -2.30. The lowest BCUT2D eigenvalue weighted by molar-refractivity contribution is -0.197. The molecular formula is C24H29ClFN7O9. The normalized spacial score (nSPS) is 20.5. The first-order valence-electron chi connectivity index (χ1n) is 12.7. The molecule has 0 radical (unpaired) electrons. The van der Waals surface area contributed by atoms with Gasteiger partial charge in [0.25, 0.3) is 5.60 Å². The zero-order chi connectivity index (χ0) is 30.8. The third kappa shape index (κ3) is 5.72. The molecule has 4 rings (SSSR count). The highest BCUT2D eigenvalue weighted by Crippen LogP contribution is 2.35. The van der Waals surface area contributed by atoms with Crippen LogP contribution in [0.2, 0.25) is 5.28 Å². The second-order valence-corrected chi connectivity index (χ2v) is 9.43. The number of alkyl halides is 1. The quantitative estimate of drug-likeness (QED) is 0.129. The van der Waals surface area contributed by atoms with Gasteiger partial charge in [-0.1, -0.05) is 0 Å². The molecule has 1 aliphatic heterocycles. The number of halogens is 2. The van der Waals surface area contributed by atoms with Crippen molar-refractivity contribution in [3.05, 3.63) is 29.1 Å². The first-order chi connectivity index (χ1) is 20.0. The van der Waals surface area contributed by atoms with Crippen LogP contribution in [-0.4, -0.2) is 103 Å². The van der Waals surface area contributed by atoms with Gasteiger partial charge in [0.05, 0.1) is 39.0 Å². The van der Waals surface area contributed by atoms with Crippen LogP contribution in [0.5, 0.6) is 0 Å². The van der Waals surface area contributed by atoms with Gasteiger partial charge in [-0.2, -0.15) is 15.1 Å². The number of carbonyl (C=O) groups is 3. The number of aliphatic hydroxyl groups excluding tert-OH is 1. The molecule has 0 bridgehead atoms. The maximum absolute atomic E-state index is 15.4. The molecule has 0 spiro atoms. The molecule has 3 aromatic rings. The van der Waals surface area contributed by atoms with Gasteiger partial charge in [-0.05, 0) is 31.5 Å². The molecule has 16 nitrogen and oxygen atoms in total. The van der Waals surface area contributed by atoms with Crippen molar-refractivity contribution in [1.82, 2.24) is 29.3 Å². The summed E-state index contributed by atoms with van der Waals surface area (Å²) in [6, 6.07) is 1.31. The smallest absolute Gasteiger partial charge is 0.356 e. The molecule has 3 aromatic heterocycles. The Labute approximate surface area is 242 Å². The van der Waals surface area contributed by atoms with Crippen molar-refractivity contribution in [2.45, 2.75) is 50.5 Å². The van der Waals surface area contributed by atoms with Crippen LogP contribution in [0.1, 0.15) is 36.3 Å². The van der Waals surface area contributed by atoms with Crippen LogP contribution in [0.3, 0.4) is 0 Å². The standard InChI is InChI=1S/C24H29ClFN7O9/c1-5-39-21(36)24(22(37)40-6-2,8-11-7-12(20(35)38-4)32(3)31-11)41-9-13-16(34)14(26)19(42-13)33-10-28-15-17(27)29-23(25)30-18(15)33/h7,10,13-14,16,19,34H,5-6,8-9H2,1-4H3,(H2,27,29,30)/t13-,14+,16-,19-/m1/s1. The van der Waals surface area contributed by atoms with Gasteiger partial charge >= 0.3 is 17.9 Å². The maximum atomic E-state index is 15.4. The van der Waals surface area contributed by atoms with Crippen LogP contribution in [0, 0.1) is 0 Å². The third-order valence-corrected chi connectivity index (χ3v) is 6.62. The summed E-state index contributed by atoms with van der Waals surface area (Å²) < 4.78 is 44.4. The van der Waals surface area contributed by atoms with Crippen molar-refractivity contribution in [3.63, 3.8) is 0 Å². The lowest BCUT2D eigenvalue weighted by atomic mass is 9.96. The minimum Gasteiger partial charge on any atom is -0.464 e. The number of hydrogen-bond donors (Lipinski definition) is 2. The van der Waals surface area contributed by atoms with E-state index in [0.29, 0.717) is 0 Å². The number of aromatic nitrogens is 6. The van der Waals surface area contributed by atoms with Gasteiger partial charge < -0.3 is 34.5 Å². The van der Waals surface area contributed by atoms with E-state index >= 15 is 4.39 Å². The van der Waals surface area contributed by atoms with E-state index < -0.39 is 61.1 Å². The Morgan fingerprint density at radius 2 is 1.88 bits per heavy atom. The van der Waals surface area contributed by atoms with Gasteiger partial charge in [-0.15, -0.1) is 0 Å². The summed E-state index contributed by atoms with van der Waals surface area (Å²) in [5.74, 6) is -3.01. The van der Waals surface area contributed by atoms with E-state index in [9.17, 15) is 19.5 Å². The fourth-order valence-corrected chi connectivity index (χ4v) is 4.61. The number of aryl methyl sites for hydroxylation is 1. The SMILES string of the molecule is CCOC(=O)C(Cc1cc(C(=O)OC)n(C)n1)(OC[C@H]1O[C@@H](n2cnc3c(N)nc(Cl)nc32)[C@@H](F)[C@@H]1O)C(=O)OCC. The van der Waals surface area contributed by atoms with Crippen molar-refractivity contribution >= 4 is 46.5 Å². The van der Waals surface area contributed by atoms with E-state index in [0.717, 1.165) is 0 Å². The summed E-state index contributed by atoms with van der Waals surface area (Å²) in [7, 11) is 2.64. The number of nitrogen functional groups attached to an aromatic ring is 1. The summed E-state index contributed by atoms with van der Waals surface area (Å²) in [4.78, 5) is 50.5. The Hall–Kier alpha value is -3.93. The summed E-state index contributed by atoms with van der Waals surface area (Å²) in [5.41, 5.74) is 3.66. The van der Waals surface area contributed by atoms with Gasteiger partial charge in [0.2, 0.25) is 5.28 Å². The fraction of sp³-hybridized carbons (Fsp3) is 0.542. The van der Waals surface area contributed by atoms with Gasteiger partial charge in [-0.25, -0.2) is 23.8 Å². The molecule has 18 heteroatoms. The number of esters is 3. The monoisotopic (exact) mass is 613 g/mol. The predicted molar refractivity (Wildman–Crippen MR) is 140 cm³/mol. The number of fused-ring (bicyclic) bond motifs is 1. The number of nitrogens with two attached hydrogens (primary N) is 1. The molecule has 0 saturated carbocycles. The molecule has 3 N–H and O–H groups in total. The van der Waals surface area contributed by atoms with Gasteiger partial charge in [0.15, 0.2) is 23.9 Å². The molecule has 42 heavy (non-hydrogen) atoms. The summed E-state index contributed by atoms with van der Waals surface area (Å²) >= 11 is 5.90. The van der Waals surface area contributed by atoms with E-state index in [4.69, 9.17) is 41.0 Å². The van der Waals surface area contributed by atoms with Crippen molar-refractivity contribution in [3.8, 4) is 0 Å². The minimum absolute atomic E-state index is 0.0314. The Bertz CT molecular complexity index is 1460. The van der Waals surface area contributed by atoms with E-state index in [2.05, 4.69) is 20.1 Å². The highest BCUT2D eigenvalue weighted by molar-refractivity contribution is 6.28. The number of hydrogen-bond acceptors (Lipinski definition) is 14. The molecule has 4 atom stereocenters. The van der Waals surface area contributed by atoms with Gasteiger partial charge in [-0.3, -0.25) is 9.25 Å². The second kappa shape index (κ2) is 12.5. The third-order valence-electron chi connectivity index (χ3n) is 6.45. The number of ether oxygens (including phenoxy) is 5. The lowest BCUT2D eigenvalue weighted by Crippen LogP contribution is -2.54. The van der Waals surface area contributed by atoms with Crippen LogP contribution in [0.15, 0.2) is 12.4 Å². The number of nitrogens with zero attached hydrogens (tertiary/aromatic N) is 6. The number of anilines is 1. The molecule has 1 aliphatic rings. The Balaban J connectivity index is 1.65. The van der Waals surface area contributed by atoms with Crippen molar-refractivity contribution in [1.29, 1.82) is 0 Å². The summed E-state index contributed by atoms with van der Waals surface area (Å²) in [5, 5.41) is 14.7. The van der Waals surface area contributed by atoms with E-state index in [-0.39, 0.29) is 46.9 Å². The highest BCUT2D eigenvalue weighted by Gasteiger charge is 2.54. The molecule has 1 fully saturated rings. The van der Waals surface area contributed by atoms with Gasteiger partial charge in [0.1, 0.15) is 23.4 Å². The molecule has 0 unspecified atom stereocenters. The fourth-order valence-electron chi connectivity index (χ4n) is 4.44. The van der Waals surface area contributed by atoms with Crippen LogP contribution in [-0.2, 0) is 46.7 Å². The van der Waals surface area contributed by atoms with Crippen molar-refractivity contribution in [2.75, 3.05) is 32.7 Å². The summed E-state index contributed by atoms with van der Waals surface area (Å²) in [6.45, 7) is 2.11. The number of rotatable bonds is 11. The number of carbonyl (C=O) groups excluding carboxylic acids is 3. The minimum atomic E-state index is -2.46. The van der Waals surface area contributed by atoms with E-state index in [1.165, 1.54) is 49.6 Å². The number of methoxy groups -OCH3 is 1.